The number of fused-ring (bicyclic) bond motifs is 1. The normalized spacial score (nSPS) is 32.6. The molecule has 134 valence electrons. The van der Waals surface area contributed by atoms with Crippen molar-refractivity contribution in [3.05, 3.63) is 28.2 Å². The highest BCUT2D eigenvalue weighted by Gasteiger charge is 2.74. The summed E-state index contributed by atoms with van der Waals surface area (Å²) >= 11 is 11.8. The fourth-order valence-corrected chi connectivity index (χ4v) is 4.09. The molecule has 0 aliphatic heterocycles. The molecule has 0 spiro atoms. The Labute approximate surface area is 152 Å². The Bertz CT molecular complexity index is 788. The van der Waals surface area contributed by atoms with Crippen LogP contribution in [0.1, 0.15) is 12.8 Å². The third kappa shape index (κ3) is 2.80. The number of anilines is 1. The van der Waals surface area contributed by atoms with Gasteiger partial charge in [-0.2, -0.15) is 0 Å². The number of benzene rings is 1. The van der Waals surface area contributed by atoms with Gasteiger partial charge in [-0.05, 0) is 36.5 Å². The Balaban J connectivity index is 1.81. The highest BCUT2D eigenvalue weighted by molar-refractivity contribution is 6.36. The monoisotopic (exact) mass is 387 g/mol. The fourth-order valence-electron chi connectivity index (χ4n) is 3.64. The molecule has 3 rings (SSSR count). The number of nitrogens with two attached hydrogens (primary N) is 1. The first-order valence-electron chi connectivity index (χ1n) is 7.40. The molecule has 2 saturated carbocycles. The van der Waals surface area contributed by atoms with Crippen molar-refractivity contribution in [2.24, 2.45) is 17.6 Å². The number of urea groups is 1. The molecular formula is C15H15Cl2N3O5. The Morgan fingerprint density at radius 3 is 2.36 bits per heavy atom. The topological polar surface area (TPSA) is 142 Å². The van der Waals surface area contributed by atoms with E-state index in [1.54, 1.807) is 0 Å². The summed E-state index contributed by atoms with van der Waals surface area (Å²) in [5, 5.41) is 24.4. The van der Waals surface area contributed by atoms with E-state index >= 15 is 0 Å². The molecule has 10 heteroatoms. The molecule has 0 heterocycles. The van der Waals surface area contributed by atoms with E-state index in [9.17, 15) is 24.6 Å². The van der Waals surface area contributed by atoms with Crippen molar-refractivity contribution in [2.45, 2.75) is 23.9 Å². The summed E-state index contributed by atoms with van der Waals surface area (Å²) in [7, 11) is 0. The average molecular weight is 388 g/mol. The van der Waals surface area contributed by atoms with Gasteiger partial charge in [-0.1, -0.05) is 23.2 Å². The lowest BCUT2D eigenvalue weighted by atomic mass is 9.85. The van der Waals surface area contributed by atoms with Crippen LogP contribution in [0.2, 0.25) is 10.0 Å². The summed E-state index contributed by atoms with van der Waals surface area (Å²) < 4.78 is 0. The first kappa shape index (κ1) is 17.8. The van der Waals surface area contributed by atoms with E-state index in [0.29, 0.717) is 11.4 Å². The summed E-state index contributed by atoms with van der Waals surface area (Å²) in [6.45, 7) is 0. The van der Waals surface area contributed by atoms with Crippen LogP contribution >= 0.6 is 23.2 Å². The van der Waals surface area contributed by atoms with Gasteiger partial charge < -0.3 is 26.6 Å². The van der Waals surface area contributed by atoms with Gasteiger partial charge in [-0.15, -0.1) is 0 Å². The molecule has 2 aliphatic carbocycles. The van der Waals surface area contributed by atoms with Crippen LogP contribution in [0.15, 0.2) is 18.2 Å². The molecule has 4 atom stereocenters. The molecule has 0 radical (unpaired) electrons. The molecule has 0 saturated heterocycles. The molecule has 2 fully saturated rings. The van der Waals surface area contributed by atoms with Crippen LogP contribution in [0.5, 0.6) is 0 Å². The number of carbonyl (C=O) groups excluding carboxylic acids is 1. The average Bonchev–Trinajstić information content (AvgIpc) is 3.26. The van der Waals surface area contributed by atoms with Crippen LogP contribution in [-0.4, -0.2) is 39.3 Å². The van der Waals surface area contributed by atoms with Crippen molar-refractivity contribution in [3.63, 3.8) is 0 Å². The van der Waals surface area contributed by atoms with E-state index in [1.165, 1.54) is 18.2 Å². The minimum atomic E-state index is -1.74. The van der Waals surface area contributed by atoms with E-state index in [0.717, 1.165) is 0 Å². The van der Waals surface area contributed by atoms with Crippen LogP contribution < -0.4 is 16.4 Å². The van der Waals surface area contributed by atoms with Gasteiger partial charge in [0.05, 0.1) is 10.7 Å². The van der Waals surface area contributed by atoms with Crippen molar-refractivity contribution < 1.29 is 24.6 Å². The molecule has 0 bridgehead atoms. The van der Waals surface area contributed by atoms with Gasteiger partial charge in [0.2, 0.25) is 0 Å². The Kier molecular flexibility index (Phi) is 4.09. The van der Waals surface area contributed by atoms with E-state index in [2.05, 4.69) is 10.6 Å². The van der Waals surface area contributed by atoms with Crippen molar-refractivity contribution >= 4 is 46.9 Å². The molecule has 2 amide bonds. The first-order valence-corrected chi connectivity index (χ1v) is 8.15. The number of aliphatic carboxylic acids is 2. The maximum atomic E-state index is 12.3. The van der Waals surface area contributed by atoms with Gasteiger partial charge in [-0.25, -0.2) is 9.59 Å². The van der Waals surface area contributed by atoms with Gasteiger partial charge in [0.25, 0.3) is 0 Å². The standard InChI is InChI=1S/C15H15Cl2N3O5/c16-6-1-2-10(9(17)3-6)19-13(25)20-15(12(23)24)5-14(18,11(21)22)7-4-8(7)15/h1-3,7-8H,4-5,18H2,(H,21,22)(H,23,24)(H2,19,20,25). The molecule has 6 N–H and O–H groups in total. The number of carboxylic acid groups (broad SMARTS) is 2. The molecule has 1 aromatic carbocycles. The summed E-state index contributed by atoms with van der Waals surface area (Å²) in [4.78, 5) is 35.6. The number of hydrogen-bond donors (Lipinski definition) is 5. The van der Waals surface area contributed by atoms with Crippen molar-refractivity contribution in [3.8, 4) is 0 Å². The quantitative estimate of drug-likeness (QED) is 0.532. The number of carbonyl (C=O) groups is 3. The van der Waals surface area contributed by atoms with Crippen LogP contribution in [0.4, 0.5) is 10.5 Å². The Morgan fingerprint density at radius 1 is 1.16 bits per heavy atom. The van der Waals surface area contributed by atoms with Crippen molar-refractivity contribution in [2.75, 3.05) is 5.32 Å². The van der Waals surface area contributed by atoms with Crippen molar-refractivity contribution in [1.82, 2.24) is 5.32 Å². The lowest BCUT2D eigenvalue weighted by Gasteiger charge is -2.31. The maximum absolute atomic E-state index is 12.3. The van der Waals surface area contributed by atoms with E-state index in [1.807, 2.05) is 0 Å². The second-order valence-electron chi connectivity index (χ2n) is 6.45. The Hall–Kier alpha value is -2.03. The predicted octanol–water partition coefficient (Wildman–Crippen LogP) is 1.76. The number of carboxylic acids is 2. The number of rotatable bonds is 4. The zero-order valence-corrected chi connectivity index (χ0v) is 14.3. The van der Waals surface area contributed by atoms with Crippen LogP contribution in [0.25, 0.3) is 0 Å². The molecule has 4 unspecified atom stereocenters. The van der Waals surface area contributed by atoms with E-state index < -0.39 is 40.9 Å². The number of amides is 2. The van der Waals surface area contributed by atoms with Gasteiger partial charge >= 0.3 is 18.0 Å². The largest absolute Gasteiger partial charge is 0.480 e. The third-order valence-corrected chi connectivity index (χ3v) is 5.50. The van der Waals surface area contributed by atoms with Crippen molar-refractivity contribution in [1.29, 1.82) is 0 Å². The molecule has 1 aromatic rings. The minimum Gasteiger partial charge on any atom is -0.480 e. The molecule has 25 heavy (non-hydrogen) atoms. The van der Waals surface area contributed by atoms with E-state index in [4.69, 9.17) is 28.9 Å². The van der Waals surface area contributed by atoms with Gasteiger partial charge in [0, 0.05) is 11.4 Å². The van der Waals surface area contributed by atoms with Crippen LogP contribution in [-0.2, 0) is 9.59 Å². The molecule has 8 nitrogen and oxygen atoms in total. The van der Waals surface area contributed by atoms with Gasteiger partial charge in [-0.3, -0.25) is 4.79 Å². The summed E-state index contributed by atoms with van der Waals surface area (Å²) in [5.74, 6) is -3.60. The first-order chi connectivity index (χ1) is 11.6. The van der Waals surface area contributed by atoms with Gasteiger partial charge in [0.1, 0.15) is 11.1 Å². The Morgan fingerprint density at radius 2 is 1.84 bits per heavy atom. The highest BCUT2D eigenvalue weighted by Crippen LogP contribution is 2.61. The van der Waals surface area contributed by atoms with Crippen LogP contribution in [0, 0.1) is 11.8 Å². The van der Waals surface area contributed by atoms with E-state index in [-0.39, 0.29) is 17.1 Å². The SMILES string of the molecule is NC1(C(=O)O)CC(NC(=O)Nc2ccc(Cl)cc2Cl)(C(=O)O)C2CC21. The molecule has 2 aliphatic rings. The third-order valence-electron chi connectivity index (χ3n) is 4.95. The predicted molar refractivity (Wildman–Crippen MR) is 89.8 cm³/mol. The minimum absolute atomic E-state index is 0.182. The molecule has 0 aromatic heterocycles. The second-order valence-corrected chi connectivity index (χ2v) is 7.29. The number of hydrogen-bond acceptors (Lipinski definition) is 4. The second kappa shape index (κ2) is 5.76. The van der Waals surface area contributed by atoms with Gasteiger partial charge in [0.15, 0.2) is 0 Å². The summed E-state index contributed by atoms with van der Waals surface area (Å²) in [5.41, 5.74) is 2.73. The lowest BCUT2D eigenvalue weighted by molar-refractivity contribution is -0.147. The van der Waals surface area contributed by atoms with Crippen LogP contribution in [0.3, 0.4) is 0 Å². The zero-order chi connectivity index (χ0) is 18.6. The lowest BCUT2D eigenvalue weighted by Crippen LogP contribution is -2.60. The summed E-state index contributed by atoms with van der Waals surface area (Å²) in [6, 6.07) is 3.59. The highest BCUT2D eigenvalue weighted by atomic mass is 35.5. The number of nitrogens with one attached hydrogen (secondary N) is 2. The summed E-state index contributed by atoms with van der Waals surface area (Å²) in [6.07, 6.45) is -0.0567. The number of halogens is 2. The smallest absolute Gasteiger partial charge is 0.329 e. The maximum Gasteiger partial charge on any atom is 0.329 e. The fraction of sp³-hybridized carbons (Fsp3) is 0.400. The molecular weight excluding hydrogens is 373 g/mol. The zero-order valence-electron chi connectivity index (χ0n) is 12.8.